The van der Waals surface area contributed by atoms with E-state index in [4.69, 9.17) is 21.1 Å². The summed E-state index contributed by atoms with van der Waals surface area (Å²) in [5.41, 5.74) is 0.183. The summed E-state index contributed by atoms with van der Waals surface area (Å²) in [7, 11) is 1.56. The van der Waals surface area contributed by atoms with E-state index in [2.05, 4.69) is 11.6 Å². The molecule has 0 aliphatic carbocycles. The highest BCUT2D eigenvalue weighted by atomic mass is 35.5. The minimum Gasteiger partial charge on any atom is -0.445 e. The Morgan fingerprint density at radius 3 is 2.88 bits per heavy atom. The number of aromatic nitrogens is 2. The number of methoxy groups -OCH3 is 1. The van der Waals surface area contributed by atoms with E-state index in [-0.39, 0.29) is 37.0 Å². The summed E-state index contributed by atoms with van der Waals surface area (Å²) in [4.78, 5) is 45.0. The Morgan fingerprint density at radius 2 is 2.19 bits per heavy atom. The molecule has 1 aliphatic rings. The molecule has 1 saturated heterocycles. The van der Waals surface area contributed by atoms with E-state index in [1.54, 1.807) is 19.2 Å². The molecule has 1 aromatic heterocycles. The first-order chi connectivity index (χ1) is 15.4. The third-order valence-electron chi connectivity index (χ3n) is 5.46. The lowest BCUT2D eigenvalue weighted by molar-refractivity contribution is -0.122. The minimum atomic E-state index is -0.506. The fourth-order valence-corrected chi connectivity index (χ4v) is 4.77. The molecule has 1 fully saturated rings. The molecule has 0 N–H and O–H groups in total. The molecule has 3 rings (SSSR count). The van der Waals surface area contributed by atoms with Gasteiger partial charge in [-0.25, -0.2) is 9.78 Å². The van der Waals surface area contributed by atoms with Crippen LogP contribution < -0.4 is 5.56 Å². The summed E-state index contributed by atoms with van der Waals surface area (Å²) in [5, 5.41) is 0.817. The zero-order valence-corrected chi connectivity index (χ0v) is 19.7. The van der Waals surface area contributed by atoms with Gasteiger partial charge in [0.15, 0.2) is 5.78 Å². The van der Waals surface area contributed by atoms with E-state index >= 15 is 0 Å². The lowest BCUT2D eigenvalue weighted by atomic mass is 9.94. The topological polar surface area (TPSA) is 90.7 Å². The number of carbonyl (C=O) groups is 2. The van der Waals surface area contributed by atoms with Crippen molar-refractivity contribution in [3.8, 4) is 0 Å². The maximum absolute atomic E-state index is 12.9. The van der Waals surface area contributed by atoms with Gasteiger partial charge in [-0.05, 0) is 31.2 Å². The van der Waals surface area contributed by atoms with Gasteiger partial charge in [-0.2, -0.15) is 0 Å². The van der Waals surface area contributed by atoms with E-state index in [9.17, 15) is 14.4 Å². The second-order valence-electron chi connectivity index (χ2n) is 7.47. The van der Waals surface area contributed by atoms with Crippen molar-refractivity contribution in [1.82, 2.24) is 14.5 Å². The Morgan fingerprint density at radius 1 is 1.41 bits per heavy atom. The molecule has 2 aromatic rings. The van der Waals surface area contributed by atoms with Crippen LogP contribution in [0.4, 0.5) is 4.79 Å². The molecule has 0 unspecified atom stereocenters. The minimum absolute atomic E-state index is 0.0400. The first-order valence-corrected chi connectivity index (χ1v) is 11.8. The van der Waals surface area contributed by atoms with Crippen molar-refractivity contribution in [3.05, 3.63) is 46.5 Å². The summed E-state index contributed by atoms with van der Waals surface area (Å²) in [5.74, 6) is -0.212. The molecule has 8 nitrogen and oxygen atoms in total. The number of halogens is 1. The van der Waals surface area contributed by atoms with Crippen LogP contribution in [-0.2, 0) is 20.8 Å². The third-order valence-corrected chi connectivity index (χ3v) is 6.66. The first kappa shape index (κ1) is 24.3. The smallest absolute Gasteiger partial charge is 0.410 e. The highest BCUT2D eigenvalue weighted by molar-refractivity contribution is 7.98. The molecular formula is C22H26ClN3O5S. The molecule has 1 aliphatic heterocycles. The van der Waals surface area contributed by atoms with Crippen LogP contribution in [0.25, 0.3) is 10.9 Å². The van der Waals surface area contributed by atoms with Gasteiger partial charge in [-0.1, -0.05) is 24.3 Å². The Labute approximate surface area is 195 Å². The van der Waals surface area contributed by atoms with Crippen molar-refractivity contribution >= 4 is 46.1 Å². The second kappa shape index (κ2) is 11.0. The van der Waals surface area contributed by atoms with Crippen molar-refractivity contribution in [2.75, 3.05) is 26.5 Å². The quantitative estimate of drug-likeness (QED) is 0.422. The molecular weight excluding hydrogens is 454 g/mol. The average molecular weight is 480 g/mol. The van der Waals surface area contributed by atoms with Crippen LogP contribution in [0.2, 0.25) is 5.02 Å². The van der Waals surface area contributed by atoms with Crippen LogP contribution in [0.3, 0.4) is 0 Å². The SMILES string of the molecule is C=CCOC(=O)N1CCC[C@H](OC)[C@H]1CC(=O)Cn1cnc2cc(SC)c(Cl)cc2c1=O. The van der Waals surface area contributed by atoms with Gasteiger partial charge in [0.1, 0.15) is 6.61 Å². The molecule has 32 heavy (non-hydrogen) atoms. The highest BCUT2D eigenvalue weighted by Gasteiger charge is 2.36. The predicted octanol–water partition coefficient (Wildman–Crippen LogP) is 3.53. The zero-order valence-electron chi connectivity index (χ0n) is 18.1. The van der Waals surface area contributed by atoms with Crippen molar-refractivity contribution in [2.45, 2.75) is 42.8 Å². The number of carbonyl (C=O) groups excluding carboxylic acids is 2. The van der Waals surface area contributed by atoms with Gasteiger partial charge in [0.25, 0.3) is 5.56 Å². The van der Waals surface area contributed by atoms with Gasteiger partial charge < -0.3 is 14.4 Å². The number of ketones is 1. The Balaban J connectivity index is 1.80. The third kappa shape index (κ3) is 5.33. The number of hydrogen-bond acceptors (Lipinski definition) is 7. The van der Waals surface area contributed by atoms with Gasteiger partial charge in [-0.15, -0.1) is 11.8 Å². The number of amides is 1. The van der Waals surface area contributed by atoms with E-state index in [1.807, 2.05) is 6.26 Å². The van der Waals surface area contributed by atoms with Crippen LogP contribution >= 0.6 is 23.4 Å². The lowest BCUT2D eigenvalue weighted by Gasteiger charge is -2.39. The van der Waals surface area contributed by atoms with Crippen molar-refractivity contribution in [3.63, 3.8) is 0 Å². The van der Waals surface area contributed by atoms with Gasteiger partial charge in [-0.3, -0.25) is 14.2 Å². The summed E-state index contributed by atoms with van der Waals surface area (Å²) >= 11 is 7.71. The number of benzene rings is 1. The fourth-order valence-electron chi connectivity index (χ4n) is 3.89. The van der Waals surface area contributed by atoms with Gasteiger partial charge in [0.05, 0.1) is 40.9 Å². The number of hydrogen-bond donors (Lipinski definition) is 0. The van der Waals surface area contributed by atoms with Crippen LogP contribution in [0.15, 0.2) is 40.8 Å². The highest BCUT2D eigenvalue weighted by Crippen LogP contribution is 2.28. The number of piperidine rings is 1. The molecule has 0 bridgehead atoms. The van der Waals surface area contributed by atoms with Crippen LogP contribution in [0.5, 0.6) is 0 Å². The second-order valence-corrected chi connectivity index (χ2v) is 8.72. The summed E-state index contributed by atoms with van der Waals surface area (Å²) in [6, 6.07) is 2.87. The first-order valence-electron chi connectivity index (χ1n) is 10.2. The molecule has 0 radical (unpaired) electrons. The molecule has 1 aromatic carbocycles. The molecule has 10 heteroatoms. The van der Waals surface area contributed by atoms with Crippen LogP contribution in [0, 0.1) is 0 Å². The van der Waals surface area contributed by atoms with Crippen molar-refractivity contribution < 1.29 is 19.1 Å². The standard InChI is InChI=1S/C22H26ClN3O5S/c1-4-8-31-22(29)26-7-5-6-19(30-2)18(26)9-14(27)12-25-13-24-17-11-20(32-3)16(23)10-15(17)21(25)28/h4,10-11,13,18-19H,1,5-9,12H2,2-3H3/t18-,19+/m1/s1. The molecule has 2 atom stereocenters. The van der Waals surface area contributed by atoms with Crippen molar-refractivity contribution in [1.29, 1.82) is 0 Å². The monoisotopic (exact) mass is 479 g/mol. The normalized spacial score (nSPS) is 18.5. The van der Waals surface area contributed by atoms with E-state index < -0.39 is 12.1 Å². The maximum atomic E-state index is 12.9. The zero-order chi connectivity index (χ0) is 23.3. The van der Waals surface area contributed by atoms with E-state index in [0.717, 1.165) is 17.7 Å². The number of thioether (sulfide) groups is 1. The Bertz CT molecular complexity index is 1070. The van der Waals surface area contributed by atoms with Gasteiger partial charge in [0, 0.05) is 25.0 Å². The van der Waals surface area contributed by atoms with Gasteiger partial charge >= 0.3 is 6.09 Å². The van der Waals surface area contributed by atoms with Gasteiger partial charge in [0.2, 0.25) is 0 Å². The van der Waals surface area contributed by atoms with Crippen molar-refractivity contribution in [2.24, 2.45) is 0 Å². The molecule has 0 saturated carbocycles. The molecule has 0 spiro atoms. The number of Topliss-reactive ketones (excluding diaryl/α,β-unsaturated/α-hetero) is 1. The number of rotatable bonds is 8. The molecule has 172 valence electrons. The number of fused-ring (bicyclic) bond motifs is 1. The van der Waals surface area contributed by atoms with E-state index in [0.29, 0.717) is 22.5 Å². The number of nitrogens with zero attached hydrogens (tertiary/aromatic N) is 3. The number of likely N-dealkylation sites (tertiary alicyclic amines) is 1. The predicted molar refractivity (Wildman–Crippen MR) is 124 cm³/mol. The summed E-state index contributed by atoms with van der Waals surface area (Å²) in [6.07, 6.45) is 5.47. The molecule has 1 amide bonds. The maximum Gasteiger partial charge on any atom is 0.410 e. The van der Waals surface area contributed by atoms with Crippen LogP contribution in [0.1, 0.15) is 19.3 Å². The average Bonchev–Trinajstić information content (AvgIpc) is 2.79. The summed E-state index contributed by atoms with van der Waals surface area (Å²) in [6.45, 7) is 3.95. The summed E-state index contributed by atoms with van der Waals surface area (Å²) < 4.78 is 12.0. The van der Waals surface area contributed by atoms with E-state index in [1.165, 1.54) is 33.6 Å². The molecule has 2 heterocycles. The largest absolute Gasteiger partial charge is 0.445 e. The Hall–Kier alpha value is -2.36. The fraction of sp³-hybridized carbons (Fsp3) is 0.455. The number of ether oxygens (including phenoxy) is 2. The Kier molecular flexibility index (Phi) is 8.33. The lowest BCUT2D eigenvalue weighted by Crippen LogP contribution is -2.53. The van der Waals surface area contributed by atoms with Crippen LogP contribution in [-0.4, -0.2) is 65.0 Å².